The number of rotatable bonds is 7. The minimum atomic E-state index is -0.355. The van der Waals surface area contributed by atoms with Gasteiger partial charge in [0.05, 0.1) is 0 Å². The molecule has 0 unspecified atom stereocenters. The van der Waals surface area contributed by atoms with E-state index in [1.54, 1.807) is 17.5 Å². The molecule has 1 aliphatic heterocycles. The summed E-state index contributed by atoms with van der Waals surface area (Å²) in [6.07, 6.45) is 1.56. The normalized spacial score (nSPS) is 11.8. The average Bonchev–Trinajstić information content (AvgIpc) is 3.30. The molecule has 2 heterocycles. The number of hydrogen-bond donors (Lipinski definition) is 1. The Morgan fingerprint density at radius 2 is 2.20 bits per heavy atom. The Morgan fingerprint density at radius 3 is 2.96 bits per heavy atom. The van der Waals surface area contributed by atoms with E-state index in [1.165, 1.54) is 4.90 Å². The van der Waals surface area contributed by atoms with Crippen LogP contribution in [0.25, 0.3) is 0 Å². The predicted octanol–water partition coefficient (Wildman–Crippen LogP) is 1.21. The van der Waals surface area contributed by atoms with Crippen LogP contribution in [-0.4, -0.2) is 46.2 Å². The standard InChI is InChI=1S/C16H16N4O4S/c1-2-5-20(16(22)12-9-25-19-18-12)8-15(21)17-7-11-3-4-13-14(6-11)24-10-23-13/h2-4,6,9H,1,5,7-8,10H2,(H,17,21). The molecule has 0 saturated heterocycles. The fourth-order valence-electron chi connectivity index (χ4n) is 2.28. The molecule has 1 N–H and O–H groups in total. The highest BCUT2D eigenvalue weighted by atomic mass is 32.1. The molecule has 2 aromatic rings. The molecule has 0 saturated carbocycles. The zero-order valence-corrected chi connectivity index (χ0v) is 14.1. The van der Waals surface area contributed by atoms with E-state index in [0.717, 1.165) is 17.1 Å². The Labute approximate surface area is 148 Å². The summed E-state index contributed by atoms with van der Waals surface area (Å²) in [4.78, 5) is 25.8. The van der Waals surface area contributed by atoms with Gasteiger partial charge in [0.1, 0.15) is 6.54 Å². The van der Waals surface area contributed by atoms with Crippen LogP contribution in [0.4, 0.5) is 0 Å². The van der Waals surface area contributed by atoms with Gasteiger partial charge in [-0.3, -0.25) is 9.59 Å². The maximum absolute atomic E-state index is 12.3. The second-order valence-electron chi connectivity index (χ2n) is 5.23. The van der Waals surface area contributed by atoms with Gasteiger partial charge in [-0.25, -0.2) is 0 Å². The summed E-state index contributed by atoms with van der Waals surface area (Å²) in [7, 11) is 0. The highest BCUT2D eigenvalue weighted by molar-refractivity contribution is 7.03. The second-order valence-corrected chi connectivity index (χ2v) is 5.84. The van der Waals surface area contributed by atoms with E-state index in [0.29, 0.717) is 18.0 Å². The summed E-state index contributed by atoms with van der Waals surface area (Å²) >= 11 is 1.08. The molecule has 130 valence electrons. The van der Waals surface area contributed by atoms with Gasteiger partial charge >= 0.3 is 0 Å². The van der Waals surface area contributed by atoms with E-state index in [2.05, 4.69) is 21.5 Å². The molecule has 0 fully saturated rings. The van der Waals surface area contributed by atoms with E-state index < -0.39 is 0 Å². The number of amides is 2. The molecule has 2 amide bonds. The van der Waals surface area contributed by atoms with Crippen molar-refractivity contribution in [3.8, 4) is 11.5 Å². The number of benzene rings is 1. The zero-order valence-electron chi connectivity index (χ0n) is 13.3. The third kappa shape index (κ3) is 4.13. The molecule has 0 atom stereocenters. The molecule has 0 radical (unpaired) electrons. The highest BCUT2D eigenvalue weighted by Crippen LogP contribution is 2.32. The first-order chi connectivity index (χ1) is 12.2. The summed E-state index contributed by atoms with van der Waals surface area (Å²) in [5, 5.41) is 8.07. The van der Waals surface area contributed by atoms with Crippen molar-refractivity contribution < 1.29 is 19.1 Å². The molecule has 1 aromatic carbocycles. The molecule has 9 heteroatoms. The first-order valence-electron chi connectivity index (χ1n) is 7.50. The van der Waals surface area contributed by atoms with E-state index in [9.17, 15) is 9.59 Å². The van der Waals surface area contributed by atoms with E-state index in [1.807, 2.05) is 12.1 Å². The smallest absolute Gasteiger partial charge is 0.276 e. The maximum Gasteiger partial charge on any atom is 0.276 e. The van der Waals surface area contributed by atoms with Crippen molar-refractivity contribution in [1.29, 1.82) is 0 Å². The molecule has 8 nitrogen and oxygen atoms in total. The lowest BCUT2D eigenvalue weighted by Crippen LogP contribution is -2.40. The van der Waals surface area contributed by atoms with Crippen LogP contribution in [0.5, 0.6) is 11.5 Å². The van der Waals surface area contributed by atoms with Gasteiger partial charge in [0.15, 0.2) is 17.2 Å². The summed E-state index contributed by atoms with van der Waals surface area (Å²) in [6.45, 7) is 4.29. The Hall–Kier alpha value is -2.94. The van der Waals surface area contributed by atoms with Crippen molar-refractivity contribution in [2.24, 2.45) is 0 Å². The summed E-state index contributed by atoms with van der Waals surface area (Å²) < 4.78 is 14.2. The number of carbonyl (C=O) groups excluding carboxylic acids is 2. The van der Waals surface area contributed by atoms with Crippen LogP contribution in [0, 0.1) is 0 Å². The number of nitrogens with zero attached hydrogens (tertiary/aromatic N) is 3. The van der Waals surface area contributed by atoms with Gasteiger partial charge in [-0.2, -0.15) is 0 Å². The molecule has 0 bridgehead atoms. The van der Waals surface area contributed by atoms with Crippen molar-refractivity contribution >= 4 is 23.3 Å². The van der Waals surface area contributed by atoms with Crippen molar-refractivity contribution in [3.63, 3.8) is 0 Å². The molecule has 0 aliphatic carbocycles. The van der Waals surface area contributed by atoms with E-state index >= 15 is 0 Å². The average molecular weight is 360 g/mol. The zero-order chi connectivity index (χ0) is 17.6. The largest absolute Gasteiger partial charge is 0.454 e. The van der Waals surface area contributed by atoms with E-state index in [4.69, 9.17) is 9.47 Å². The molecule has 0 spiro atoms. The van der Waals surface area contributed by atoms with Gasteiger partial charge < -0.3 is 19.7 Å². The van der Waals surface area contributed by atoms with Gasteiger partial charge in [-0.05, 0) is 29.2 Å². The van der Waals surface area contributed by atoms with Crippen molar-refractivity contribution in [3.05, 3.63) is 47.5 Å². The number of aromatic nitrogens is 2. The van der Waals surface area contributed by atoms with Crippen molar-refractivity contribution in [2.45, 2.75) is 6.54 Å². The lowest BCUT2D eigenvalue weighted by molar-refractivity contribution is -0.121. The molecular formula is C16H16N4O4S. The molecule has 3 rings (SSSR count). The topological polar surface area (TPSA) is 93.7 Å². The fraction of sp³-hybridized carbons (Fsp3) is 0.250. The Bertz CT molecular complexity index is 778. The molecular weight excluding hydrogens is 344 g/mol. The van der Waals surface area contributed by atoms with Crippen molar-refractivity contribution in [2.75, 3.05) is 19.9 Å². The number of ether oxygens (including phenoxy) is 2. The molecule has 1 aliphatic rings. The van der Waals surface area contributed by atoms with Crippen LogP contribution in [0.15, 0.2) is 36.2 Å². The van der Waals surface area contributed by atoms with Gasteiger partial charge in [-0.15, -0.1) is 11.7 Å². The Balaban J connectivity index is 1.56. The molecule has 1 aromatic heterocycles. The first kappa shape index (κ1) is 16.9. The maximum atomic E-state index is 12.3. The second kappa shape index (κ2) is 7.75. The first-order valence-corrected chi connectivity index (χ1v) is 8.33. The predicted molar refractivity (Wildman–Crippen MR) is 90.4 cm³/mol. The highest BCUT2D eigenvalue weighted by Gasteiger charge is 2.20. The lowest BCUT2D eigenvalue weighted by Gasteiger charge is -2.19. The summed E-state index contributed by atoms with van der Waals surface area (Å²) in [6, 6.07) is 5.46. The van der Waals surface area contributed by atoms with Crippen molar-refractivity contribution in [1.82, 2.24) is 19.8 Å². The quantitative estimate of drug-likeness (QED) is 0.746. The molecule has 25 heavy (non-hydrogen) atoms. The van der Waals surface area contributed by atoms with Crippen LogP contribution in [0.2, 0.25) is 0 Å². The third-order valence-corrected chi connectivity index (χ3v) is 3.98. The summed E-state index contributed by atoms with van der Waals surface area (Å²) in [5.74, 6) is 0.712. The third-order valence-electron chi connectivity index (χ3n) is 3.48. The number of carbonyl (C=O) groups is 2. The SMILES string of the molecule is C=CCN(CC(=O)NCc1ccc2c(c1)OCO2)C(=O)c1csnn1. The monoisotopic (exact) mass is 360 g/mol. The minimum absolute atomic E-state index is 0.0903. The van der Waals surface area contributed by atoms with Crippen LogP contribution in [0.1, 0.15) is 16.1 Å². The van der Waals surface area contributed by atoms with Gasteiger partial charge in [0.25, 0.3) is 5.91 Å². The van der Waals surface area contributed by atoms with E-state index in [-0.39, 0.29) is 37.4 Å². The lowest BCUT2D eigenvalue weighted by atomic mass is 10.2. The van der Waals surface area contributed by atoms with Crippen LogP contribution < -0.4 is 14.8 Å². The number of hydrogen-bond acceptors (Lipinski definition) is 7. The van der Waals surface area contributed by atoms with Crippen LogP contribution in [-0.2, 0) is 11.3 Å². The Morgan fingerprint density at radius 1 is 1.36 bits per heavy atom. The summed E-state index contributed by atoms with van der Waals surface area (Å²) in [5.41, 5.74) is 1.10. The Kier molecular flexibility index (Phi) is 5.24. The fourth-order valence-corrected chi connectivity index (χ4v) is 2.71. The number of nitrogens with one attached hydrogen (secondary N) is 1. The van der Waals surface area contributed by atoms with Crippen LogP contribution in [0.3, 0.4) is 0 Å². The van der Waals surface area contributed by atoms with Gasteiger partial charge in [-0.1, -0.05) is 16.6 Å². The van der Waals surface area contributed by atoms with Gasteiger partial charge in [0, 0.05) is 18.5 Å². The van der Waals surface area contributed by atoms with Crippen LogP contribution >= 0.6 is 11.5 Å². The van der Waals surface area contributed by atoms with Gasteiger partial charge in [0.2, 0.25) is 12.7 Å². The minimum Gasteiger partial charge on any atom is -0.454 e. The number of fused-ring (bicyclic) bond motifs is 1.